The molecule has 1 N–H and O–H groups in total. The summed E-state index contributed by atoms with van der Waals surface area (Å²) in [6.07, 6.45) is 0.158. The van der Waals surface area contributed by atoms with Crippen molar-refractivity contribution in [3.05, 3.63) is 12.7 Å². The summed E-state index contributed by atoms with van der Waals surface area (Å²) in [7, 11) is 4.04. The summed E-state index contributed by atoms with van der Waals surface area (Å²) in [5, 5.41) is 2.82. The third kappa shape index (κ3) is 8.50. The average molecular weight is 675 g/mol. The third-order valence-electron chi connectivity index (χ3n) is 10.9. The first-order chi connectivity index (χ1) is 22.4. The van der Waals surface area contributed by atoms with E-state index in [0.717, 1.165) is 6.42 Å². The number of amides is 1. The van der Waals surface area contributed by atoms with Gasteiger partial charge in [0.25, 0.3) is 0 Å². The van der Waals surface area contributed by atoms with Crippen LogP contribution in [0.3, 0.4) is 0 Å². The van der Waals surface area contributed by atoms with Crippen molar-refractivity contribution in [2.24, 2.45) is 35.0 Å². The highest BCUT2D eigenvalue weighted by atomic mass is 16.7. The Balaban J connectivity index is 2.15. The smallest absolute Gasteiger partial charge is 0.408 e. The molecule has 11 heteroatoms. The number of nitrogens with one attached hydrogen (secondary N) is 1. The topological polar surface area (TPSA) is 130 Å². The molecule has 1 unspecified atom stereocenters. The van der Waals surface area contributed by atoms with Gasteiger partial charge in [-0.3, -0.25) is 14.4 Å². The molecule has 3 fully saturated rings. The van der Waals surface area contributed by atoms with E-state index in [-0.39, 0.29) is 36.9 Å². The van der Waals surface area contributed by atoms with Crippen LogP contribution < -0.4 is 5.32 Å². The fraction of sp³-hybridized carbons (Fsp3) is 0.784. The van der Waals surface area contributed by atoms with Crippen molar-refractivity contribution in [1.29, 1.82) is 0 Å². The Morgan fingerprint density at radius 3 is 2.29 bits per heavy atom. The summed E-state index contributed by atoms with van der Waals surface area (Å²) in [4.78, 5) is 57.6. The monoisotopic (exact) mass is 674 g/mol. The van der Waals surface area contributed by atoms with Crippen molar-refractivity contribution in [1.82, 2.24) is 10.2 Å². The van der Waals surface area contributed by atoms with Gasteiger partial charge in [-0.1, -0.05) is 53.0 Å². The van der Waals surface area contributed by atoms with Gasteiger partial charge in [0, 0.05) is 30.2 Å². The minimum absolute atomic E-state index is 0.0737. The molecule has 0 bridgehead atoms. The van der Waals surface area contributed by atoms with Gasteiger partial charge in [-0.25, -0.2) is 4.79 Å². The lowest BCUT2D eigenvalue weighted by atomic mass is 9.69. The van der Waals surface area contributed by atoms with Gasteiger partial charge in [-0.2, -0.15) is 0 Å². The van der Waals surface area contributed by atoms with Gasteiger partial charge >= 0.3 is 12.1 Å². The number of carbonyl (C=O) groups is 4. The highest BCUT2D eigenvalue weighted by molar-refractivity contribution is 6.04. The van der Waals surface area contributed by atoms with Crippen LogP contribution >= 0.6 is 0 Å². The number of allylic oxidation sites excluding steroid dienone is 1. The maximum atomic E-state index is 14.4. The number of hydrogen-bond donors (Lipinski definition) is 1. The van der Waals surface area contributed by atoms with E-state index in [4.69, 9.17) is 23.7 Å². The van der Waals surface area contributed by atoms with Crippen LogP contribution in [0.4, 0.5) is 4.79 Å². The Morgan fingerprint density at radius 2 is 1.69 bits per heavy atom. The molecule has 0 aromatic carbocycles. The van der Waals surface area contributed by atoms with E-state index >= 15 is 0 Å². The van der Waals surface area contributed by atoms with E-state index in [1.807, 2.05) is 41.8 Å². The summed E-state index contributed by atoms with van der Waals surface area (Å²) in [5.41, 5.74) is -2.92. The van der Waals surface area contributed by atoms with Gasteiger partial charge in [-0.05, 0) is 72.5 Å². The molecule has 0 radical (unpaired) electrons. The van der Waals surface area contributed by atoms with Gasteiger partial charge in [0.2, 0.25) is 0 Å². The minimum atomic E-state index is -1.56. The molecule has 0 aromatic rings. The van der Waals surface area contributed by atoms with Crippen LogP contribution in [0.5, 0.6) is 0 Å². The highest BCUT2D eigenvalue weighted by Gasteiger charge is 2.57. The number of nitrogens with zero attached hydrogens (tertiary/aromatic N) is 1. The minimum Gasteiger partial charge on any atom is -0.457 e. The molecule has 1 amide bonds. The van der Waals surface area contributed by atoms with Crippen LogP contribution in [0.15, 0.2) is 12.7 Å². The standard InChI is InChI=1S/C37H58N2O9/c1-13-15-16-17-44-20-27-22(4)30(40)24(6)32-37(10,48-35(43)38-32)28(14-2)46-34(42)36(8,9)33(41)25(7)31(23(27)5)47-29-19-26(39(11)12)18-21(3)45-29/h13,21-29,31-32H,1,14,17-20H2,2-12H3,(H,38,43)/t21-,22-,23+,24+,25-,26+,27?,28-,29+,31+,32-,37-/m1/s1. The van der Waals surface area contributed by atoms with Crippen LogP contribution in [-0.4, -0.2) is 98.1 Å². The molecule has 12 atom stereocenters. The second-order valence-corrected chi connectivity index (χ2v) is 14.9. The lowest BCUT2D eigenvalue weighted by Crippen LogP contribution is -2.58. The van der Waals surface area contributed by atoms with Gasteiger partial charge in [-0.15, -0.1) is 0 Å². The Labute approximate surface area is 287 Å². The number of carbonyl (C=O) groups excluding carboxylic acids is 4. The molecule has 48 heavy (non-hydrogen) atoms. The van der Waals surface area contributed by atoms with Gasteiger partial charge in [0.15, 0.2) is 17.7 Å². The Hall–Kier alpha value is -2.78. The van der Waals surface area contributed by atoms with Crippen molar-refractivity contribution >= 4 is 23.6 Å². The second-order valence-electron chi connectivity index (χ2n) is 14.9. The first-order valence-electron chi connectivity index (χ1n) is 17.3. The van der Waals surface area contributed by atoms with Crippen LogP contribution in [-0.2, 0) is 38.1 Å². The van der Waals surface area contributed by atoms with Crippen LogP contribution in [0.2, 0.25) is 0 Å². The quantitative estimate of drug-likeness (QED) is 0.178. The van der Waals surface area contributed by atoms with Crippen molar-refractivity contribution in [2.45, 2.75) is 124 Å². The first kappa shape index (κ1) is 39.7. The van der Waals surface area contributed by atoms with Crippen LogP contribution in [0.25, 0.3) is 0 Å². The Bertz CT molecular complexity index is 1250. The highest BCUT2D eigenvalue weighted by Crippen LogP contribution is 2.41. The number of alkyl carbamates (subject to hydrolysis) is 1. The van der Waals surface area contributed by atoms with Crippen molar-refractivity contribution in [2.75, 3.05) is 27.3 Å². The number of fused-ring (bicyclic) bond motifs is 1. The molecule has 3 aliphatic rings. The zero-order valence-corrected chi connectivity index (χ0v) is 30.8. The van der Waals surface area contributed by atoms with E-state index in [0.29, 0.717) is 12.8 Å². The van der Waals surface area contributed by atoms with Gasteiger partial charge < -0.3 is 33.9 Å². The predicted octanol–water partition coefficient (Wildman–Crippen LogP) is 4.56. The Morgan fingerprint density at radius 1 is 1.02 bits per heavy atom. The summed E-state index contributed by atoms with van der Waals surface area (Å²) >= 11 is 0. The zero-order chi connectivity index (χ0) is 36.1. The van der Waals surface area contributed by atoms with Crippen molar-refractivity contribution in [3.63, 3.8) is 0 Å². The van der Waals surface area contributed by atoms with E-state index in [1.54, 1.807) is 34.6 Å². The van der Waals surface area contributed by atoms with E-state index in [2.05, 4.69) is 28.6 Å². The summed E-state index contributed by atoms with van der Waals surface area (Å²) < 4.78 is 30.9. The molecule has 3 rings (SSSR count). The predicted molar refractivity (Wildman–Crippen MR) is 181 cm³/mol. The van der Waals surface area contributed by atoms with Crippen LogP contribution in [0, 0.1) is 46.8 Å². The number of Topliss-reactive ketones (excluding diaryl/α,β-unsaturated/α-hetero) is 2. The molecule has 0 spiro atoms. The molecule has 3 aliphatic heterocycles. The number of cyclic esters (lactones) is 1. The molecule has 0 saturated carbocycles. The lowest BCUT2D eigenvalue weighted by Gasteiger charge is -2.44. The van der Waals surface area contributed by atoms with E-state index < -0.39 is 77.2 Å². The fourth-order valence-electron chi connectivity index (χ4n) is 7.75. The number of ketones is 2. The van der Waals surface area contributed by atoms with E-state index in [1.165, 1.54) is 6.08 Å². The molecule has 270 valence electrons. The molecular formula is C37H58N2O9. The Kier molecular flexibility index (Phi) is 13.5. The lowest BCUT2D eigenvalue weighted by molar-refractivity contribution is -0.240. The molecule has 11 nitrogen and oxygen atoms in total. The molecule has 0 aliphatic carbocycles. The largest absolute Gasteiger partial charge is 0.457 e. The van der Waals surface area contributed by atoms with Crippen LogP contribution in [0.1, 0.15) is 81.6 Å². The number of ether oxygens (including phenoxy) is 5. The summed E-state index contributed by atoms with van der Waals surface area (Å²) in [6.45, 7) is 19.8. The normalized spacial score (nSPS) is 39.3. The number of hydrogen-bond acceptors (Lipinski definition) is 10. The molecular weight excluding hydrogens is 616 g/mol. The number of rotatable bonds is 7. The SMILES string of the molecule is C=CC#CCOCC1[C@@H](C)C(=O)[C@H](C)[C@H]2NC(=O)O[C@]2(C)[C@@H](CC)OC(=O)C(C)(C)C(=O)[C@H](C)[C@@H](O[C@H]2C[C@@H](N(C)C)C[C@@H](C)O2)[C@H]1C. The zero-order valence-electron chi connectivity index (χ0n) is 30.8. The molecule has 3 saturated heterocycles. The van der Waals surface area contributed by atoms with Crippen molar-refractivity contribution < 1.29 is 42.9 Å². The van der Waals surface area contributed by atoms with Crippen molar-refractivity contribution in [3.8, 4) is 11.8 Å². The first-order valence-corrected chi connectivity index (χ1v) is 17.3. The number of esters is 1. The third-order valence-corrected chi connectivity index (χ3v) is 10.9. The molecule has 3 heterocycles. The second kappa shape index (κ2) is 16.3. The molecule has 0 aromatic heterocycles. The van der Waals surface area contributed by atoms with Gasteiger partial charge in [0.05, 0.1) is 24.9 Å². The van der Waals surface area contributed by atoms with Gasteiger partial charge in [0.1, 0.15) is 23.9 Å². The maximum Gasteiger partial charge on any atom is 0.408 e. The summed E-state index contributed by atoms with van der Waals surface area (Å²) in [5.74, 6) is 1.51. The average Bonchev–Trinajstić information content (AvgIpc) is 3.35. The maximum absolute atomic E-state index is 14.4. The fourth-order valence-corrected chi connectivity index (χ4v) is 7.75. The van der Waals surface area contributed by atoms with E-state index in [9.17, 15) is 19.2 Å². The summed E-state index contributed by atoms with van der Waals surface area (Å²) in [6, 6.07) is -0.584.